The highest BCUT2D eigenvalue weighted by molar-refractivity contribution is 9.10. The van der Waals surface area contributed by atoms with Crippen LogP contribution in [-0.4, -0.2) is 5.75 Å². The first-order valence-electron chi connectivity index (χ1n) is 4.52. The summed E-state index contributed by atoms with van der Waals surface area (Å²) in [5.41, 5.74) is 2.83. The normalized spacial score (nSPS) is 12.9. The van der Waals surface area contributed by atoms with E-state index in [2.05, 4.69) is 54.9 Å². The lowest BCUT2D eigenvalue weighted by atomic mass is 10.1. The van der Waals surface area contributed by atoms with E-state index in [0.717, 1.165) is 0 Å². The molecular weight excluding hydrogens is 244 g/mol. The van der Waals surface area contributed by atoms with Gasteiger partial charge in [0.2, 0.25) is 0 Å². The van der Waals surface area contributed by atoms with Crippen molar-refractivity contribution in [3.8, 4) is 0 Å². The van der Waals surface area contributed by atoms with E-state index in [1.165, 1.54) is 21.4 Å². The average Bonchev–Trinajstić information content (AvgIpc) is 2.09. The highest BCUT2D eigenvalue weighted by atomic mass is 79.9. The summed E-state index contributed by atoms with van der Waals surface area (Å²) in [4.78, 5) is 0. The van der Waals surface area contributed by atoms with Gasteiger partial charge in [0.25, 0.3) is 0 Å². The second kappa shape index (κ2) is 5.06. The molecule has 0 spiro atoms. The van der Waals surface area contributed by atoms with Crippen LogP contribution < -0.4 is 0 Å². The molecule has 2 heteroatoms. The summed E-state index contributed by atoms with van der Waals surface area (Å²) in [6.45, 7) is 6.64. The molecule has 1 unspecified atom stereocenters. The fourth-order valence-electron chi connectivity index (χ4n) is 1.39. The van der Waals surface area contributed by atoms with Gasteiger partial charge < -0.3 is 0 Å². The predicted molar refractivity (Wildman–Crippen MR) is 65.4 cm³/mol. The van der Waals surface area contributed by atoms with Gasteiger partial charge in [-0.15, -0.1) is 0 Å². The molecule has 0 aliphatic carbocycles. The van der Waals surface area contributed by atoms with Crippen molar-refractivity contribution < 1.29 is 0 Å². The number of hydrogen-bond acceptors (Lipinski definition) is 1. The van der Waals surface area contributed by atoms with E-state index in [9.17, 15) is 0 Å². The number of rotatable bonds is 3. The van der Waals surface area contributed by atoms with Crippen molar-refractivity contribution in [2.75, 3.05) is 5.75 Å². The van der Waals surface area contributed by atoms with Crippen LogP contribution in [0.3, 0.4) is 0 Å². The molecule has 1 atom stereocenters. The second-order valence-electron chi connectivity index (χ2n) is 3.10. The maximum atomic E-state index is 3.51. The van der Waals surface area contributed by atoms with Gasteiger partial charge in [0.1, 0.15) is 0 Å². The number of halogens is 1. The second-order valence-corrected chi connectivity index (χ2v) is 5.63. The summed E-state index contributed by atoms with van der Waals surface area (Å²) in [7, 11) is 0. The standard InChI is InChI=1S/C11H15BrS/c1-4-13-9(3)11-7-10(12)6-5-8(11)2/h5-7,9H,4H2,1-3H3. The van der Waals surface area contributed by atoms with Crippen molar-refractivity contribution in [2.24, 2.45) is 0 Å². The number of benzene rings is 1. The molecule has 0 fully saturated rings. The third-order valence-electron chi connectivity index (χ3n) is 2.10. The Bertz CT molecular complexity index is 283. The van der Waals surface area contributed by atoms with Crippen molar-refractivity contribution in [2.45, 2.75) is 26.0 Å². The van der Waals surface area contributed by atoms with Crippen molar-refractivity contribution in [3.63, 3.8) is 0 Å². The lowest BCUT2D eigenvalue weighted by molar-refractivity contribution is 1.07. The Hall–Kier alpha value is 0.0500. The number of aryl methyl sites for hydroxylation is 1. The Morgan fingerprint density at radius 3 is 2.77 bits per heavy atom. The Balaban J connectivity index is 2.91. The van der Waals surface area contributed by atoms with E-state index >= 15 is 0 Å². The summed E-state index contributed by atoms with van der Waals surface area (Å²) in [6.07, 6.45) is 0. The Morgan fingerprint density at radius 2 is 2.15 bits per heavy atom. The fourth-order valence-corrected chi connectivity index (χ4v) is 2.70. The lowest BCUT2D eigenvalue weighted by Gasteiger charge is -2.13. The Morgan fingerprint density at radius 1 is 1.46 bits per heavy atom. The number of hydrogen-bond donors (Lipinski definition) is 0. The van der Waals surface area contributed by atoms with Crippen molar-refractivity contribution >= 4 is 27.7 Å². The van der Waals surface area contributed by atoms with Gasteiger partial charge in [0.05, 0.1) is 0 Å². The summed E-state index contributed by atoms with van der Waals surface area (Å²) in [5.74, 6) is 1.17. The summed E-state index contributed by atoms with van der Waals surface area (Å²) >= 11 is 5.49. The van der Waals surface area contributed by atoms with Crippen LogP contribution in [0, 0.1) is 6.92 Å². The first kappa shape index (κ1) is 11.1. The highest BCUT2D eigenvalue weighted by Gasteiger charge is 2.07. The molecule has 0 nitrogen and oxygen atoms in total. The molecule has 0 amide bonds. The topological polar surface area (TPSA) is 0 Å². The van der Waals surface area contributed by atoms with Crippen LogP contribution in [0.4, 0.5) is 0 Å². The third-order valence-corrected chi connectivity index (χ3v) is 3.68. The van der Waals surface area contributed by atoms with E-state index < -0.39 is 0 Å². The van der Waals surface area contributed by atoms with Gasteiger partial charge in [-0.3, -0.25) is 0 Å². The smallest absolute Gasteiger partial charge is 0.0271 e. The molecule has 0 aliphatic rings. The van der Waals surface area contributed by atoms with E-state index in [1.807, 2.05) is 11.8 Å². The van der Waals surface area contributed by atoms with E-state index in [0.29, 0.717) is 5.25 Å². The molecule has 0 saturated heterocycles. The highest BCUT2D eigenvalue weighted by Crippen LogP contribution is 2.31. The molecule has 0 radical (unpaired) electrons. The van der Waals surface area contributed by atoms with Gasteiger partial charge in [-0.05, 0) is 42.9 Å². The Labute approximate surface area is 93.2 Å². The van der Waals surface area contributed by atoms with Crippen LogP contribution in [0.2, 0.25) is 0 Å². The zero-order chi connectivity index (χ0) is 9.84. The summed E-state index contributed by atoms with van der Waals surface area (Å²) in [6, 6.07) is 6.50. The van der Waals surface area contributed by atoms with Crippen LogP contribution >= 0.6 is 27.7 Å². The Kier molecular flexibility index (Phi) is 4.33. The van der Waals surface area contributed by atoms with Gasteiger partial charge in [-0.25, -0.2) is 0 Å². The van der Waals surface area contributed by atoms with Crippen molar-refractivity contribution in [3.05, 3.63) is 33.8 Å². The van der Waals surface area contributed by atoms with Gasteiger partial charge in [0.15, 0.2) is 0 Å². The van der Waals surface area contributed by atoms with Gasteiger partial charge in [-0.2, -0.15) is 11.8 Å². The lowest BCUT2D eigenvalue weighted by Crippen LogP contribution is -1.92. The van der Waals surface area contributed by atoms with Crippen LogP contribution in [0.25, 0.3) is 0 Å². The van der Waals surface area contributed by atoms with Crippen LogP contribution in [-0.2, 0) is 0 Å². The molecule has 72 valence electrons. The van der Waals surface area contributed by atoms with E-state index in [-0.39, 0.29) is 0 Å². The first-order valence-corrected chi connectivity index (χ1v) is 6.37. The molecular formula is C11H15BrS. The van der Waals surface area contributed by atoms with Gasteiger partial charge in [0, 0.05) is 9.72 Å². The largest absolute Gasteiger partial charge is 0.154 e. The molecule has 0 heterocycles. The maximum Gasteiger partial charge on any atom is 0.0271 e. The molecule has 13 heavy (non-hydrogen) atoms. The maximum absolute atomic E-state index is 3.51. The molecule has 1 aromatic rings. The molecule has 0 saturated carbocycles. The SMILES string of the molecule is CCSC(C)c1cc(Br)ccc1C. The quantitative estimate of drug-likeness (QED) is 0.766. The minimum atomic E-state index is 0.600. The van der Waals surface area contributed by atoms with Gasteiger partial charge in [-0.1, -0.05) is 28.9 Å². The number of thioether (sulfide) groups is 1. The third kappa shape index (κ3) is 3.03. The molecule has 0 bridgehead atoms. The van der Waals surface area contributed by atoms with E-state index in [4.69, 9.17) is 0 Å². The molecule has 0 aromatic heterocycles. The summed E-state index contributed by atoms with van der Waals surface area (Å²) in [5, 5.41) is 0.600. The van der Waals surface area contributed by atoms with Crippen LogP contribution in [0.1, 0.15) is 30.2 Å². The van der Waals surface area contributed by atoms with E-state index in [1.54, 1.807) is 0 Å². The van der Waals surface area contributed by atoms with Crippen LogP contribution in [0.15, 0.2) is 22.7 Å². The molecule has 0 aliphatic heterocycles. The van der Waals surface area contributed by atoms with Gasteiger partial charge >= 0.3 is 0 Å². The molecule has 1 rings (SSSR count). The molecule has 0 N–H and O–H groups in total. The fraction of sp³-hybridized carbons (Fsp3) is 0.455. The zero-order valence-electron chi connectivity index (χ0n) is 8.30. The minimum absolute atomic E-state index is 0.600. The van der Waals surface area contributed by atoms with Crippen molar-refractivity contribution in [1.29, 1.82) is 0 Å². The first-order chi connectivity index (χ1) is 6.15. The monoisotopic (exact) mass is 258 g/mol. The molecule has 1 aromatic carbocycles. The minimum Gasteiger partial charge on any atom is -0.154 e. The average molecular weight is 259 g/mol. The summed E-state index contributed by atoms with van der Waals surface area (Å²) < 4.78 is 1.18. The van der Waals surface area contributed by atoms with Crippen LogP contribution in [0.5, 0.6) is 0 Å². The predicted octanol–water partition coefficient (Wildman–Crippen LogP) is 4.57. The van der Waals surface area contributed by atoms with Crippen molar-refractivity contribution in [1.82, 2.24) is 0 Å². The zero-order valence-corrected chi connectivity index (χ0v) is 10.7.